The van der Waals surface area contributed by atoms with Crippen LogP contribution in [0.1, 0.15) is 239 Å². The van der Waals surface area contributed by atoms with Crippen LogP contribution in [0.5, 0.6) is 0 Å². The van der Waals surface area contributed by atoms with Crippen molar-refractivity contribution in [3.63, 3.8) is 0 Å². The van der Waals surface area contributed by atoms with E-state index in [0.29, 0.717) is 19.3 Å². The second kappa shape index (κ2) is 47.8. The normalized spacial score (nSPS) is 12.5. The van der Waals surface area contributed by atoms with Crippen LogP contribution in [0.4, 0.5) is 0 Å². The molecule has 0 bridgehead atoms. The Balaban J connectivity index is 4.41. The second-order valence-electron chi connectivity index (χ2n) is 16.4. The molecule has 0 fully saturated rings. The van der Waals surface area contributed by atoms with Gasteiger partial charge in [-0.05, 0) is 89.9 Å². The number of allylic oxidation sites excluding steroid dienone is 10. The van der Waals surface area contributed by atoms with Crippen molar-refractivity contribution in [3.05, 3.63) is 60.8 Å². The minimum Gasteiger partial charge on any atom is -0.462 e. The quantitative estimate of drug-likeness (QED) is 0.0200. The van der Waals surface area contributed by atoms with Crippen LogP contribution in [0.2, 0.25) is 0 Å². The summed E-state index contributed by atoms with van der Waals surface area (Å²) in [7, 11) is 0. The van der Waals surface area contributed by atoms with Gasteiger partial charge in [-0.1, -0.05) is 191 Å². The van der Waals surface area contributed by atoms with Crippen LogP contribution >= 0.6 is 0 Å². The Morgan fingerprint density at radius 3 is 1.20 bits per heavy atom. The molecule has 0 aliphatic heterocycles. The van der Waals surface area contributed by atoms with Gasteiger partial charge in [-0.15, -0.1) is 0 Å². The number of hydrogen-bond donors (Lipinski definition) is 0. The van der Waals surface area contributed by atoms with Crippen molar-refractivity contribution < 1.29 is 28.6 Å². The van der Waals surface area contributed by atoms with E-state index in [0.717, 1.165) is 96.3 Å². The molecule has 0 amide bonds. The molecule has 340 valence electrons. The minimum atomic E-state index is -0.790. The lowest BCUT2D eigenvalue weighted by molar-refractivity contribution is -0.167. The zero-order chi connectivity index (χ0) is 43.0. The number of unbranched alkanes of at least 4 members (excludes halogenated alkanes) is 24. The Labute approximate surface area is 364 Å². The molecule has 6 heteroatoms. The molecule has 0 heterocycles. The van der Waals surface area contributed by atoms with E-state index in [2.05, 4.69) is 81.5 Å². The van der Waals surface area contributed by atoms with Crippen LogP contribution in [0, 0.1) is 0 Å². The first kappa shape index (κ1) is 56.1. The SMILES string of the molecule is CC/C=C\C/C=C\CCCCCCCCCC(=O)OC(COC(=O)CCCCC/C=C\C=C/CCCC)COC(=O)CCCCCCC/C=C\CCCCCCCCC. The van der Waals surface area contributed by atoms with E-state index >= 15 is 0 Å². The number of esters is 3. The molecule has 0 saturated carbocycles. The highest BCUT2D eigenvalue weighted by atomic mass is 16.6. The average molecular weight is 825 g/mol. The maximum atomic E-state index is 12.8. The van der Waals surface area contributed by atoms with Crippen LogP contribution < -0.4 is 0 Å². The monoisotopic (exact) mass is 825 g/mol. The van der Waals surface area contributed by atoms with E-state index < -0.39 is 6.10 Å². The van der Waals surface area contributed by atoms with Crippen molar-refractivity contribution in [2.75, 3.05) is 13.2 Å². The molecule has 0 aliphatic carbocycles. The molecule has 1 unspecified atom stereocenters. The van der Waals surface area contributed by atoms with Gasteiger partial charge in [0, 0.05) is 19.3 Å². The molecule has 0 radical (unpaired) electrons. The Morgan fingerprint density at radius 2 is 0.729 bits per heavy atom. The fourth-order valence-corrected chi connectivity index (χ4v) is 6.74. The lowest BCUT2D eigenvalue weighted by Gasteiger charge is -2.18. The molecule has 0 rings (SSSR count). The summed E-state index contributed by atoms with van der Waals surface area (Å²) in [5.74, 6) is -0.935. The van der Waals surface area contributed by atoms with E-state index in [4.69, 9.17) is 14.2 Å². The molecule has 59 heavy (non-hydrogen) atoms. The van der Waals surface area contributed by atoms with Gasteiger partial charge < -0.3 is 14.2 Å². The number of carbonyl (C=O) groups is 3. The van der Waals surface area contributed by atoms with Crippen molar-refractivity contribution in [1.82, 2.24) is 0 Å². The number of carbonyl (C=O) groups excluding carboxylic acids is 3. The molecule has 0 aliphatic rings. The standard InChI is InChI=1S/C53H92O6/c1-4-7-10-13-16-19-22-24-26-27-29-31-34-37-40-43-46-52(55)58-49-50(48-57-51(54)45-42-39-36-33-30-21-18-15-12-9-6-3)59-53(56)47-44-41-38-35-32-28-25-23-20-17-14-11-8-5-2/h8,11,15,17-18,20-21,26-27,30,50H,4-7,9-10,12-14,16,19,22-25,28-29,31-49H2,1-3H3/b11-8-,18-15-,20-17-,27-26-,30-21-. The van der Waals surface area contributed by atoms with Gasteiger partial charge in [0.2, 0.25) is 0 Å². The van der Waals surface area contributed by atoms with Crippen LogP contribution in [0.15, 0.2) is 60.8 Å². The molecule has 0 aromatic rings. The fourth-order valence-electron chi connectivity index (χ4n) is 6.74. The lowest BCUT2D eigenvalue weighted by Crippen LogP contribution is -2.30. The van der Waals surface area contributed by atoms with E-state index in [-0.39, 0.29) is 31.1 Å². The molecule has 0 spiro atoms. The molecule has 0 saturated heterocycles. The highest BCUT2D eigenvalue weighted by molar-refractivity contribution is 5.71. The molecular weight excluding hydrogens is 733 g/mol. The highest BCUT2D eigenvalue weighted by Crippen LogP contribution is 2.14. The van der Waals surface area contributed by atoms with E-state index in [1.165, 1.54) is 103 Å². The predicted octanol–water partition coefficient (Wildman–Crippen LogP) is 16.1. The number of hydrogen-bond acceptors (Lipinski definition) is 6. The zero-order valence-electron chi connectivity index (χ0n) is 38.8. The highest BCUT2D eigenvalue weighted by Gasteiger charge is 2.19. The van der Waals surface area contributed by atoms with Crippen LogP contribution in [0.3, 0.4) is 0 Å². The molecule has 0 aromatic carbocycles. The smallest absolute Gasteiger partial charge is 0.306 e. The number of rotatable bonds is 44. The largest absolute Gasteiger partial charge is 0.462 e. The molecule has 6 nitrogen and oxygen atoms in total. The fraction of sp³-hybridized carbons (Fsp3) is 0.755. The summed E-state index contributed by atoms with van der Waals surface area (Å²) in [6, 6.07) is 0. The summed E-state index contributed by atoms with van der Waals surface area (Å²) in [6.45, 7) is 6.44. The molecule has 1 atom stereocenters. The maximum Gasteiger partial charge on any atom is 0.306 e. The third-order valence-electron chi connectivity index (χ3n) is 10.5. The summed E-state index contributed by atoms with van der Waals surface area (Å²) < 4.78 is 16.7. The van der Waals surface area contributed by atoms with Crippen LogP contribution in [0.25, 0.3) is 0 Å². The zero-order valence-corrected chi connectivity index (χ0v) is 38.8. The van der Waals surface area contributed by atoms with Gasteiger partial charge in [-0.3, -0.25) is 14.4 Å². The minimum absolute atomic E-state index is 0.0904. The third kappa shape index (κ3) is 46.0. The van der Waals surface area contributed by atoms with Crippen LogP contribution in [-0.2, 0) is 28.6 Å². The average Bonchev–Trinajstić information content (AvgIpc) is 3.23. The van der Waals surface area contributed by atoms with Gasteiger partial charge in [0.15, 0.2) is 6.10 Å². The predicted molar refractivity (Wildman–Crippen MR) is 251 cm³/mol. The van der Waals surface area contributed by atoms with Gasteiger partial charge in [0.25, 0.3) is 0 Å². The Morgan fingerprint density at radius 1 is 0.373 bits per heavy atom. The van der Waals surface area contributed by atoms with Gasteiger partial charge in [0.1, 0.15) is 13.2 Å². The topological polar surface area (TPSA) is 78.9 Å². The summed E-state index contributed by atoms with van der Waals surface area (Å²) in [4.78, 5) is 37.9. The Bertz CT molecular complexity index is 1090. The van der Waals surface area contributed by atoms with E-state index in [1.807, 2.05) is 0 Å². The first-order chi connectivity index (χ1) is 29.0. The molecule has 0 aromatic heterocycles. The van der Waals surface area contributed by atoms with E-state index in [9.17, 15) is 14.4 Å². The third-order valence-corrected chi connectivity index (χ3v) is 10.5. The molecular formula is C53H92O6. The van der Waals surface area contributed by atoms with Crippen LogP contribution in [-0.4, -0.2) is 37.2 Å². The maximum absolute atomic E-state index is 12.8. The summed E-state index contributed by atoms with van der Waals surface area (Å²) in [5.41, 5.74) is 0. The first-order valence-electron chi connectivity index (χ1n) is 24.8. The van der Waals surface area contributed by atoms with Gasteiger partial charge in [0.05, 0.1) is 0 Å². The van der Waals surface area contributed by atoms with Gasteiger partial charge >= 0.3 is 17.9 Å². The Hall–Kier alpha value is -2.89. The summed E-state index contributed by atoms with van der Waals surface area (Å²) in [6.07, 6.45) is 57.8. The van der Waals surface area contributed by atoms with Gasteiger partial charge in [-0.25, -0.2) is 0 Å². The first-order valence-corrected chi connectivity index (χ1v) is 24.8. The summed E-state index contributed by atoms with van der Waals surface area (Å²) in [5, 5.41) is 0. The number of ether oxygens (including phenoxy) is 3. The second-order valence-corrected chi connectivity index (χ2v) is 16.4. The molecule has 0 N–H and O–H groups in total. The van der Waals surface area contributed by atoms with Crippen molar-refractivity contribution in [3.8, 4) is 0 Å². The van der Waals surface area contributed by atoms with Crippen molar-refractivity contribution in [2.24, 2.45) is 0 Å². The van der Waals surface area contributed by atoms with Crippen molar-refractivity contribution >= 4 is 17.9 Å². The lowest BCUT2D eigenvalue weighted by atomic mass is 10.1. The van der Waals surface area contributed by atoms with E-state index in [1.54, 1.807) is 0 Å². The van der Waals surface area contributed by atoms with Crippen molar-refractivity contribution in [2.45, 2.75) is 245 Å². The summed E-state index contributed by atoms with van der Waals surface area (Å²) >= 11 is 0. The van der Waals surface area contributed by atoms with Crippen molar-refractivity contribution in [1.29, 1.82) is 0 Å². The Kier molecular flexibility index (Phi) is 45.4. The van der Waals surface area contributed by atoms with Gasteiger partial charge in [-0.2, -0.15) is 0 Å².